The highest BCUT2D eigenvalue weighted by molar-refractivity contribution is 6.19. The highest BCUT2D eigenvalue weighted by Gasteiger charge is 2.50. The summed E-state index contributed by atoms with van der Waals surface area (Å²) in [6.45, 7) is 21.7. The van der Waals surface area contributed by atoms with Crippen LogP contribution in [-0.2, 0) is 28.6 Å². The normalized spacial score (nSPS) is 31.5. The molecule has 1 saturated carbocycles. The summed E-state index contributed by atoms with van der Waals surface area (Å²) in [5.74, 6) is -6.89. The molecule has 5 bridgehead atoms. The minimum atomic E-state index is -2.01. The lowest BCUT2D eigenvalue weighted by Crippen LogP contribution is -2.50. The predicted molar refractivity (Wildman–Crippen MR) is 286 cm³/mol. The first-order valence-corrected chi connectivity index (χ1v) is 27.7. The van der Waals surface area contributed by atoms with E-state index in [0.717, 1.165) is 26.2 Å². The van der Waals surface area contributed by atoms with Crippen molar-refractivity contribution < 1.29 is 58.6 Å². The number of anilines is 1. The number of amides is 2. The number of fused-ring (bicyclic) bond motifs is 13. The van der Waals surface area contributed by atoms with Crippen molar-refractivity contribution in [3.8, 4) is 17.2 Å². The van der Waals surface area contributed by atoms with Gasteiger partial charge in [-0.1, -0.05) is 79.0 Å². The summed E-state index contributed by atoms with van der Waals surface area (Å²) >= 11 is 0. The molecule has 5 N–H and O–H groups in total. The fourth-order valence-corrected chi connectivity index (χ4v) is 12.4. The van der Waals surface area contributed by atoms with Gasteiger partial charge < -0.3 is 54.5 Å². The van der Waals surface area contributed by atoms with Crippen LogP contribution in [-0.4, -0.2) is 154 Å². The minimum Gasteiger partial charge on any atom is -0.507 e. The van der Waals surface area contributed by atoms with Crippen LogP contribution in [0.5, 0.6) is 17.2 Å². The van der Waals surface area contributed by atoms with Gasteiger partial charge >= 0.3 is 11.8 Å². The number of piperidine rings is 1. The molecule has 7 aliphatic rings. The Labute approximate surface area is 446 Å². The number of hydrogen-bond acceptors (Lipinski definition) is 16. The number of aliphatic hydroxyl groups excluding tert-OH is 2. The second kappa shape index (κ2) is 23.3. The molecule has 2 saturated heterocycles. The Balaban J connectivity index is 1.13. The quantitative estimate of drug-likeness (QED) is 0.119. The van der Waals surface area contributed by atoms with Crippen molar-refractivity contribution in [2.45, 2.75) is 150 Å². The van der Waals surface area contributed by atoms with Crippen LogP contribution >= 0.6 is 0 Å². The van der Waals surface area contributed by atoms with Gasteiger partial charge in [-0.3, -0.25) is 34.1 Å². The van der Waals surface area contributed by atoms with E-state index < -0.39 is 89.4 Å². The zero-order valence-corrected chi connectivity index (χ0v) is 46.3. The summed E-state index contributed by atoms with van der Waals surface area (Å²) in [5, 5.41) is 51.2. The van der Waals surface area contributed by atoms with E-state index in [2.05, 4.69) is 29.0 Å². The smallest absolute Gasteiger partial charge is 0.315 e. The van der Waals surface area contributed by atoms with E-state index in [1.54, 1.807) is 64.7 Å². The maximum atomic E-state index is 15.0. The molecular formula is C58H82N6O12. The molecule has 2 amide bonds. The number of ketones is 1. The molecule has 1 aliphatic carbocycles. The van der Waals surface area contributed by atoms with Crippen LogP contribution in [0.15, 0.2) is 46.1 Å². The number of benzene rings is 2. The van der Waals surface area contributed by atoms with Crippen molar-refractivity contribution in [3.63, 3.8) is 0 Å². The van der Waals surface area contributed by atoms with Crippen molar-refractivity contribution in [2.24, 2.45) is 45.5 Å². The molecule has 3 fully saturated rings. The van der Waals surface area contributed by atoms with Gasteiger partial charge in [-0.2, -0.15) is 0 Å². The number of phenols is 2. The number of allylic oxidation sites excluding steroid dienone is 2. The summed E-state index contributed by atoms with van der Waals surface area (Å²) in [6.07, 6.45) is 10.3. The number of nitrogens with zero attached hydrogens (tertiary/aromatic N) is 5. The molecule has 6 aliphatic heterocycles. The number of ether oxygens (including phenoxy) is 4. The summed E-state index contributed by atoms with van der Waals surface area (Å²) in [7, 11) is 1.46. The Bertz CT molecular complexity index is 2750. The molecule has 9 rings (SSSR count). The number of aliphatic hydroxyl groups is 2. The zero-order valence-electron chi connectivity index (χ0n) is 46.3. The molecule has 18 nitrogen and oxygen atoms in total. The van der Waals surface area contributed by atoms with Crippen molar-refractivity contribution >= 4 is 40.0 Å². The van der Waals surface area contributed by atoms with Gasteiger partial charge in [0.2, 0.25) is 5.91 Å². The standard InChI is InChI=1S/C58H82N6O12/c1-32(2)30-62-22-20-58(21-23-62)60-46-43-44-51(69)38(8)54-45(43)55(71)57(9,76-54)74-28-19-40(73-10)35(5)53(75-42(66)29-41(65)64-26-24-63(25-27-64)31-39-17-12-11-13-18-39)37(7)50(68)36(6)49(67)33(3)15-14-16-34(4)56(72)59-48(52(44)70)47(46)61-58/h14-16,19,28,32-33,35-37,39-40,49-50,53,67-70H,11-13,17-18,20-27,29-31H2,1-10H3,(H,59,72)/b15-14+,28-19+,34-16-/t33-,35+,36+,37+,40-,49-,50+,53+,57?/m0/s1. The molecule has 18 heteroatoms. The van der Waals surface area contributed by atoms with Gasteiger partial charge in [0.25, 0.3) is 11.7 Å². The van der Waals surface area contributed by atoms with E-state index in [-0.39, 0.29) is 61.3 Å². The minimum absolute atomic E-state index is 0.0160. The highest BCUT2D eigenvalue weighted by atomic mass is 16.7. The van der Waals surface area contributed by atoms with Gasteiger partial charge in [0.15, 0.2) is 11.4 Å². The van der Waals surface area contributed by atoms with E-state index in [4.69, 9.17) is 28.9 Å². The van der Waals surface area contributed by atoms with Crippen LogP contribution in [0.4, 0.5) is 5.69 Å². The number of methoxy groups -OCH3 is 1. The van der Waals surface area contributed by atoms with Gasteiger partial charge in [-0.15, -0.1) is 0 Å². The fourth-order valence-electron chi connectivity index (χ4n) is 12.4. The Morgan fingerprint density at radius 1 is 0.855 bits per heavy atom. The number of Topliss-reactive ketones (excluding diaryl/α,β-unsaturated/α-hetero) is 1. The third kappa shape index (κ3) is 11.6. The maximum absolute atomic E-state index is 15.0. The van der Waals surface area contributed by atoms with Crippen LogP contribution in [0.3, 0.4) is 0 Å². The molecular weight excluding hydrogens is 973 g/mol. The highest BCUT2D eigenvalue weighted by Crippen LogP contribution is 2.50. The number of carbonyl (C=O) groups excluding carboxylic acids is 4. The predicted octanol–water partition coefficient (Wildman–Crippen LogP) is 5.84. The second-order valence-corrected chi connectivity index (χ2v) is 23.2. The number of carbonyl (C=O) groups is 4. The van der Waals surface area contributed by atoms with E-state index >= 15 is 0 Å². The zero-order chi connectivity index (χ0) is 55.0. The van der Waals surface area contributed by atoms with E-state index in [1.807, 2.05) is 0 Å². The first kappa shape index (κ1) is 56.8. The number of hydrogen-bond donors (Lipinski definition) is 5. The van der Waals surface area contributed by atoms with Crippen LogP contribution < -0.4 is 20.8 Å². The molecule has 0 aromatic heterocycles. The number of piperazine rings is 1. The van der Waals surface area contributed by atoms with Crippen molar-refractivity contribution in [1.82, 2.24) is 14.7 Å². The number of likely N-dealkylation sites (tertiary alicyclic amines) is 1. The van der Waals surface area contributed by atoms with Crippen LogP contribution in [0.1, 0.15) is 123 Å². The lowest BCUT2D eigenvalue weighted by molar-refractivity contribution is -0.165. The fraction of sp³-hybridized carbons (Fsp3) is 0.655. The van der Waals surface area contributed by atoms with Crippen LogP contribution in [0, 0.1) is 42.4 Å². The van der Waals surface area contributed by atoms with Crippen LogP contribution in [0.2, 0.25) is 0 Å². The van der Waals surface area contributed by atoms with Crippen LogP contribution in [0.25, 0.3) is 10.8 Å². The number of esters is 1. The largest absolute Gasteiger partial charge is 0.507 e. The summed E-state index contributed by atoms with van der Waals surface area (Å²) in [5.41, 5.74) is -0.667. The van der Waals surface area contributed by atoms with E-state index in [9.17, 15) is 39.6 Å². The molecule has 1 spiro atoms. The average molecular weight is 1060 g/mol. The maximum Gasteiger partial charge on any atom is 0.315 e. The lowest BCUT2D eigenvalue weighted by Gasteiger charge is -2.38. The molecule has 1 unspecified atom stereocenters. The van der Waals surface area contributed by atoms with Gasteiger partial charge in [-0.25, -0.2) is 0 Å². The van der Waals surface area contributed by atoms with Crippen molar-refractivity contribution in [3.05, 3.63) is 58.0 Å². The number of rotatable bonds is 8. The Kier molecular flexibility index (Phi) is 17.4. The number of aromatic hydroxyl groups is 2. The van der Waals surface area contributed by atoms with E-state index in [0.29, 0.717) is 50.9 Å². The molecule has 6 heterocycles. The molecule has 2 aromatic rings. The van der Waals surface area contributed by atoms with Gasteiger partial charge in [0.1, 0.15) is 35.1 Å². The SMILES string of the molecule is CO[C@H]1/C=C/OC2(C)Oc3c(C)c(O)c4c(O)c(c5c(c4c3C2=O)=NC2(CCN(CC(C)C)CC2)N=5)NC(=O)/C(C)=C\C=C\[C@H](C)[C@H](O)[C@@H](C)[C@@H](O)[C@@H](C)[C@H](OC(=O)CC(=O)N2CCN(CC3CCCCC3)CC2)[C@@H]1C. The third-order valence-electron chi connectivity index (χ3n) is 17.1. The Morgan fingerprint density at radius 3 is 2.18 bits per heavy atom. The first-order chi connectivity index (χ1) is 36.1. The first-order valence-electron chi connectivity index (χ1n) is 27.7. The average Bonchev–Trinajstić information content (AvgIpc) is 3.90. The molecule has 416 valence electrons. The third-order valence-corrected chi connectivity index (χ3v) is 17.1. The number of phenolic OH excluding ortho intramolecular Hbond substituents is 2. The monoisotopic (exact) mass is 1050 g/mol. The van der Waals surface area contributed by atoms with E-state index in [1.165, 1.54) is 58.5 Å². The number of nitrogens with one attached hydrogen (secondary N) is 1. The molecule has 0 radical (unpaired) electrons. The van der Waals surface area contributed by atoms with Gasteiger partial charge in [0, 0.05) is 119 Å². The summed E-state index contributed by atoms with van der Waals surface area (Å²) in [4.78, 5) is 73.5. The van der Waals surface area contributed by atoms with Crippen molar-refractivity contribution in [1.29, 1.82) is 0 Å². The molecule has 76 heavy (non-hydrogen) atoms. The summed E-state index contributed by atoms with van der Waals surface area (Å²) in [6, 6.07) is 0. The summed E-state index contributed by atoms with van der Waals surface area (Å²) < 4.78 is 24.8. The topological polar surface area (TPSA) is 233 Å². The lowest BCUT2D eigenvalue weighted by atomic mass is 9.78. The Hall–Kier alpha value is -5.40. The van der Waals surface area contributed by atoms with Crippen molar-refractivity contribution in [2.75, 3.05) is 64.8 Å². The molecule has 9 atom stereocenters. The Morgan fingerprint density at radius 2 is 1.53 bits per heavy atom. The van der Waals surface area contributed by atoms with Gasteiger partial charge in [0.05, 0.1) is 40.9 Å². The van der Waals surface area contributed by atoms with Gasteiger partial charge in [-0.05, 0) is 44.6 Å². The molecule has 2 aromatic carbocycles. The second-order valence-electron chi connectivity index (χ2n) is 23.2.